The number of allylic oxidation sites excluding steroid dienone is 5. The van der Waals surface area contributed by atoms with Gasteiger partial charge in [-0.2, -0.15) is 15.4 Å². The molecule has 1 aromatic heterocycles. The van der Waals surface area contributed by atoms with Crippen LogP contribution in [0.15, 0.2) is 36.8 Å². The van der Waals surface area contributed by atoms with Gasteiger partial charge in [-0.25, -0.2) is 0 Å². The smallest absolute Gasteiger partial charge is 0.228 e. The van der Waals surface area contributed by atoms with Crippen molar-refractivity contribution in [1.82, 2.24) is 15.4 Å². The summed E-state index contributed by atoms with van der Waals surface area (Å²) in [5.41, 5.74) is 1.29. The molecule has 9 heteroatoms. The van der Waals surface area contributed by atoms with E-state index in [2.05, 4.69) is 22.0 Å². The summed E-state index contributed by atoms with van der Waals surface area (Å²) >= 11 is 0. The molecule has 1 aromatic rings. The van der Waals surface area contributed by atoms with Gasteiger partial charge in [-0.05, 0) is 19.1 Å². The standard InChI is InChI=1S/C15H21N3O6/c1-3-9(10-6-16-18-17-10)5-4-8(2)23-15-14(22)13(21)12(20)11(7-19)24-15/h3-6,11-15,19-22H,1,7H2,2H3,(H,16,17,18)/b8-4+,9-5+. The first-order valence-electron chi connectivity index (χ1n) is 7.32. The number of nitrogens with one attached hydrogen (secondary N) is 1. The van der Waals surface area contributed by atoms with Crippen LogP contribution >= 0.6 is 0 Å². The van der Waals surface area contributed by atoms with Gasteiger partial charge in [0.05, 0.1) is 18.6 Å². The van der Waals surface area contributed by atoms with E-state index < -0.39 is 37.3 Å². The van der Waals surface area contributed by atoms with Crippen LogP contribution in [0.1, 0.15) is 12.6 Å². The Bertz CT molecular complexity index is 598. The molecule has 0 aromatic carbocycles. The highest BCUT2D eigenvalue weighted by molar-refractivity contribution is 5.71. The quantitative estimate of drug-likeness (QED) is 0.331. The summed E-state index contributed by atoms with van der Waals surface area (Å²) in [5.74, 6) is 0.377. The topological polar surface area (TPSA) is 141 Å². The molecule has 0 amide bonds. The first-order valence-corrected chi connectivity index (χ1v) is 7.32. The Morgan fingerprint density at radius 2 is 2.08 bits per heavy atom. The van der Waals surface area contributed by atoms with Crippen molar-refractivity contribution < 1.29 is 29.9 Å². The van der Waals surface area contributed by atoms with Crippen molar-refractivity contribution >= 4 is 5.57 Å². The summed E-state index contributed by atoms with van der Waals surface area (Å²) in [7, 11) is 0. The average Bonchev–Trinajstić information content (AvgIpc) is 3.10. The highest BCUT2D eigenvalue weighted by Crippen LogP contribution is 2.23. The van der Waals surface area contributed by atoms with Crippen LogP contribution in [-0.2, 0) is 9.47 Å². The Hall–Kier alpha value is -2.04. The van der Waals surface area contributed by atoms with Crippen LogP contribution < -0.4 is 0 Å². The van der Waals surface area contributed by atoms with Crippen LogP contribution in [0.25, 0.3) is 5.57 Å². The fourth-order valence-corrected chi connectivity index (χ4v) is 2.19. The van der Waals surface area contributed by atoms with Crippen LogP contribution in [0.5, 0.6) is 0 Å². The van der Waals surface area contributed by atoms with Crippen molar-refractivity contribution in [2.24, 2.45) is 0 Å². The van der Waals surface area contributed by atoms with E-state index in [4.69, 9.17) is 14.6 Å². The normalized spacial score (nSPS) is 31.8. The van der Waals surface area contributed by atoms with Crippen molar-refractivity contribution in [2.75, 3.05) is 6.61 Å². The molecule has 0 saturated carbocycles. The number of aliphatic hydroxyl groups excluding tert-OH is 4. The molecule has 5 atom stereocenters. The molecule has 132 valence electrons. The van der Waals surface area contributed by atoms with E-state index in [1.807, 2.05) is 0 Å². The first-order chi connectivity index (χ1) is 11.5. The molecule has 24 heavy (non-hydrogen) atoms. The zero-order valence-corrected chi connectivity index (χ0v) is 13.1. The van der Waals surface area contributed by atoms with Gasteiger partial charge in [-0.3, -0.25) is 0 Å². The third-order valence-corrected chi connectivity index (χ3v) is 3.58. The Morgan fingerprint density at radius 1 is 1.33 bits per heavy atom. The van der Waals surface area contributed by atoms with Crippen LogP contribution in [0, 0.1) is 0 Å². The number of hydrogen-bond donors (Lipinski definition) is 5. The van der Waals surface area contributed by atoms with Gasteiger partial charge in [0.15, 0.2) is 0 Å². The maximum atomic E-state index is 9.92. The Kier molecular flexibility index (Phi) is 6.23. The summed E-state index contributed by atoms with van der Waals surface area (Å²) in [6.45, 7) is 4.80. The third-order valence-electron chi connectivity index (χ3n) is 3.58. The molecule has 1 fully saturated rings. The number of ether oxygens (including phenoxy) is 2. The number of aliphatic hydroxyl groups is 4. The van der Waals surface area contributed by atoms with Crippen LogP contribution in [0.4, 0.5) is 0 Å². The maximum absolute atomic E-state index is 9.92. The lowest BCUT2D eigenvalue weighted by Gasteiger charge is -2.39. The second kappa shape index (κ2) is 8.18. The summed E-state index contributed by atoms with van der Waals surface area (Å²) in [5, 5.41) is 48.7. The number of nitrogens with zero attached hydrogens (tertiary/aromatic N) is 2. The van der Waals surface area contributed by atoms with Crippen molar-refractivity contribution in [1.29, 1.82) is 0 Å². The van der Waals surface area contributed by atoms with E-state index >= 15 is 0 Å². The Labute approximate surface area is 138 Å². The zero-order valence-electron chi connectivity index (χ0n) is 13.1. The fourth-order valence-electron chi connectivity index (χ4n) is 2.19. The SMILES string of the molecule is C=C/C(=C\C=C(/C)OC1OC(CO)C(O)C(O)C1O)c1cn[nH]n1. The molecule has 2 rings (SSSR count). The van der Waals surface area contributed by atoms with E-state index in [-0.39, 0.29) is 0 Å². The summed E-state index contributed by atoms with van der Waals surface area (Å²) < 4.78 is 10.7. The predicted octanol–water partition coefficient (Wildman–Crippen LogP) is -0.906. The van der Waals surface area contributed by atoms with Crippen LogP contribution in [0.3, 0.4) is 0 Å². The van der Waals surface area contributed by atoms with E-state index in [1.165, 1.54) is 6.20 Å². The molecule has 0 spiro atoms. The van der Waals surface area contributed by atoms with E-state index in [0.717, 1.165) is 0 Å². The lowest BCUT2D eigenvalue weighted by atomic mass is 9.99. The summed E-state index contributed by atoms with van der Waals surface area (Å²) in [4.78, 5) is 0. The highest BCUT2D eigenvalue weighted by atomic mass is 16.7. The van der Waals surface area contributed by atoms with Gasteiger partial charge in [-0.1, -0.05) is 12.7 Å². The van der Waals surface area contributed by atoms with Gasteiger partial charge in [0.25, 0.3) is 0 Å². The largest absolute Gasteiger partial charge is 0.467 e. The molecule has 5 N–H and O–H groups in total. The van der Waals surface area contributed by atoms with Crippen molar-refractivity contribution in [3.63, 3.8) is 0 Å². The zero-order chi connectivity index (χ0) is 17.7. The minimum Gasteiger partial charge on any atom is -0.467 e. The molecule has 1 saturated heterocycles. The molecule has 5 unspecified atom stereocenters. The number of rotatable bonds is 6. The molecule has 0 aliphatic carbocycles. The van der Waals surface area contributed by atoms with Crippen molar-refractivity contribution in [3.05, 3.63) is 42.5 Å². The molecule has 2 heterocycles. The number of H-pyrrole nitrogens is 1. The minimum atomic E-state index is -1.48. The lowest BCUT2D eigenvalue weighted by Crippen LogP contribution is -2.59. The molecular weight excluding hydrogens is 318 g/mol. The molecule has 1 aliphatic heterocycles. The Morgan fingerprint density at radius 3 is 2.67 bits per heavy atom. The van der Waals surface area contributed by atoms with E-state index in [1.54, 1.807) is 25.2 Å². The average molecular weight is 339 g/mol. The fraction of sp³-hybridized carbons (Fsp3) is 0.467. The highest BCUT2D eigenvalue weighted by Gasteiger charge is 2.44. The first kappa shape index (κ1) is 18.3. The van der Waals surface area contributed by atoms with Crippen LogP contribution in [0.2, 0.25) is 0 Å². The van der Waals surface area contributed by atoms with Gasteiger partial charge in [0, 0.05) is 5.57 Å². The van der Waals surface area contributed by atoms with E-state index in [0.29, 0.717) is 17.0 Å². The minimum absolute atomic E-state index is 0.377. The molecule has 1 aliphatic rings. The molecule has 9 nitrogen and oxygen atoms in total. The maximum Gasteiger partial charge on any atom is 0.228 e. The van der Waals surface area contributed by atoms with Gasteiger partial charge >= 0.3 is 0 Å². The number of aromatic amines is 1. The van der Waals surface area contributed by atoms with Crippen LogP contribution in [-0.4, -0.2) is 73.1 Å². The summed E-state index contributed by atoms with van der Waals surface area (Å²) in [6.07, 6.45) is -0.177. The van der Waals surface area contributed by atoms with Gasteiger partial charge < -0.3 is 29.9 Å². The molecular formula is C15H21N3O6. The van der Waals surface area contributed by atoms with Gasteiger partial charge in [0.1, 0.15) is 30.1 Å². The van der Waals surface area contributed by atoms with Gasteiger partial charge in [0.2, 0.25) is 6.29 Å². The second-order valence-corrected chi connectivity index (χ2v) is 5.27. The third kappa shape index (κ3) is 4.08. The monoisotopic (exact) mass is 339 g/mol. The predicted molar refractivity (Wildman–Crippen MR) is 83.2 cm³/mol. The second-order valence-electron chi connectivity index (χ2n) is 5.27. The van der Waals surface area contributed by atoms with Crippen molar-refractivity contribution in [3.8, 4) is 0 Å². The Balaban J connectivity index is 2.07. The van der Waals surface area contributed by atoms with Gasteiger partial charge in [-0.15, -0.1) is 0 Å². The number of aromatic nitrogens is 3. The van der Waals surface area contributed by atoms with E-state index in [9.17, 15) is 15.3 Å². The molecule has 0 bridgehead atoms. The van der Waals surface area contributed by atoms with Crippen molar-refractivity contribution in [2.45, 2.75) is 37.6 Å². The summed E-state index contributed by atoms with van der Waals surface area (Å²) in [6, 6.07) is 0. The lowest BCUT2D eigenvalue weighted by molar-refractivity contribution is -0.291. The molecule has 0 radical (unpaired) electrons. The number of hydrogen-bond acceptors (Lipinski definition) is 8.